The van der Waals surface area contributed by atoms with E-state index in [1.165, 1.54) is 11.6 Å². The van der Waals surface area contributed by atoms with Gasteiger partial charge in [0.2, 0.25) is 0 Å². The van der Waals surface area contributed by atoms with Crippen LogP contribution in [0.3, 0.4) is 0 Å². The Morgan fingerprint density at radius 2 is 2.04 bits per heavy atom. The van der Waals surface area contributed by atoms with E-state index in [4.69, 9.17) is 4.98 Å². The van der Waals surface area contributed by atoms with Crippen LogP contribution in [0.5, 0.6) is 0 Å². The Bertz CT molecular complexity index is 698. The molecule has 130 valence electrons. The van der Waals surface area contributed by atoms with Gasteiger partial charge in [-0.1, -0.05) is 46.3 Å². The maximum absolute atomic E-state index is 13.5. The van der Waals surface area contributed by atoms with E-state index in [2.05, 4.69) is 33.8 Å². The molecule has 0 N–H and O–H groups in total. The molecule has 0 bridgehead atoms. The van der Waals surface area contributed by atoms with Crippen LogP contribution >= 0.6 is 0 Å². The third-order valence-corrected chi connectivity index (χ3v) is 4.61. The van der Waals surface area contributed by atoms with Crippen LogP contribution in [0.15, 0.2) is 36.5 Å². The van der Waals surface area contributed by atoms with Crippen molar-refractivity contribution >= 4 is 5.57 Å². The molecule has 0 radical (unpaired) electrons. The molecule has 2 aromatic rings. The van der Waals surface area contributed by atoms with Gasteiger partial charge in [0.25, 0.3) is 0 Å². The minimum Gasteiger partial charge on any atom is -0.303 e. The van der Waals surface area contributed by atoms with Crippen LogP contribution < -0.4 is 0 Å². The Morgan fingerprint density at radius 1 is 1.29 bits per heavy atom. The third kappa shape index (κ3) is 4.56. The predicted octanol–water partition coefficient (Wildman–Crippen LogP) is 6.19. The maximum atomic E-state index is 13.5. The van der Waals surface area contributed by atoms with Gasteiger partial charge in [0, 0.05) is 11.9 Å². The van der Waals surface area contributed by atoms with E-state index in [0.717, 1.165) is 36.5 Å². The lowest BCUT2D eigenvalue weighted by atomic mass is 9.93. The van der Waals surface area contributed by atoms with Crippen LogP contribution in [0.2, 0.25) is 0 Å². The van der Waals surface area contributed by atoms with Crippen molar-refractivity contribution in [3.63, 3.8) is 0 Å². The van der Waals surface area contributed by atoms with Crippen molar-refractivity contribution < 1.29 is 4.39 Å². The summed E-state index contributed by atoms with van der Waals surface area (Å²) in [6.07, 6.45) is 7.75. The molecule has 0 amide bonds. The van der Waals surface area contributed by atoms with Crippen LogP contribution in [0.1, 0.15) is 58.5 Å². The molecular formula is C21H29FN2. The van der Waals surface area contributed by atoms with Gasteiger partial charge in [-0.15, -0.1) is 0 Å². The van der Waals surface area contributed by atoms with E-state index in [1.54, 1.807) is 12.1 Å². The Morgan fingerprint density at radius 3 is 2.67 bits per heavy atom. The largest absolute Gasteiger partial charge is 0.303 e. The molecular weight excluding hydrogens is 299 g/mol. The molecule has 0 spiro atoms. The van der Waals surface area contributed by atoms with Crippen molar-refractivity contribution in [1.29, 1.82) is 0 Å². The van der Waals surface area contributed by atoms with E-state index < -0.39 is 0 Å². The van der Waals surface area contributed by atoms with Crippen LogP contribution in [0, 0.1) is 24.6 Å². The Balaban J connectivity index is 2.39. The van der Waals surface area contributed by atoms with Crippen molar-refractivity contribution in [3.05, 3.63) is 53.9 Å². The van der Waals surface area contributed by atoms with Crippen LogP contribution in [-0.4, -0.2) is 9.55 Å². The van der Waals surface area contributed by atoms with Crippen LogP contribution in [0.4, 0.5) is 4.39 Å². The molecule has 1 aromatic carbocycles. The number of hydrogen-bond acceptors (Lipinski definition) is 1. The van der Waals surface area contributed by atoms with Gasteiger partial charge in [-0.05, 0) is 55.4 Å². The minimum atomic E-state index is -0.225. The SMILES string of the molecule is CCCC/C(=C\C(C)C(C)C)c1cn(-c2cccc(F)c2)c(C)n1. The number of hydrogen-bond donors (Lipinski definition) is 0. The highest BCUT2D eigenvalue weighted by atomic mass is 19.1. The molecule has 1 aromatic heterocycles. The summed E-state index contributed by atoms with van der Waals surface area (Å²) in [6, 6.07) is 6.66. The Hall–Kier alpha value is -1.90. The minimum absolute atomic E-state index is 0.225. The summed E-state index contributed by atoms with van der Waals surface area (Å²) < 4.78 is 15.5. The van der Waals surface area contributed by atoms with Gasteiger partial charge in [-0.2, -0.15) is 0 Å². The predicted molar refractivity (Wildman–Crippen MR) is 99.8 cm³/mol. The number of nitrogens with zero attached hydrogens (tertiary/aromatic N) is 2. The maximum Gasteiger partial charge on any atom is 0.125 e. The van der Waals surface area contributed by atoms with E-state index >= 15 is 0 Å². The molecule has 1 atom stereocenters. The van der Waals surface area contributed by atoms with Gasteiger partial charge in [0.05, 0.1) is 5.69 Å². The van der Waals surface area contributed by atoms with E-state index in [-0.39, 0.29) is 5.82 Å². The number of rotatable bonds is 7. The Labute approximate surface area is 145 Å². The molecule has 1 heterocycles. The van der Waals surface area contributed by atoms with Crippen LogP contribution in [-0.2, 0) is 0 Å². The molecule has 24 heavy (non-hydrogen) atoms. The Kier molecular flexibility index (Phi) is 6.36. The average Bonchev–Trinajstić information content (AvgIpc) is 2.92. The molecule has 2 rings (SSSR count). The van der Waals surface area contributed by atoms with Crippen LogP contribution in [0.25, 0.3) is 11.3 Å². The van der Waals surface area contributed by atoms with Gasteiger partial charge in [0.1, 0.15) is 11.6 Å². The molecule has 0 fully saturated rings. The number of halogens is 1. The molecule has 0 aliphatic carbocycles. The standard InChI is InChI=1S/C21H29FN2/c1-6-7-9-18(12-16(4)15(2)3)21-14-24(17(5)23-21)20-11-8-10-19(22)13-20/h8,10-16H,6-7,9H2,1-5H3/b18-12+. The normalized spacial score (nSPS) is 13.5. The summed E-state index contributed by atoms with van der Waals surface area (Å²) >= 11 is 0. The zero-order valence-electron chi connectivity index (χ0n) is 15.5. The van der Waals surface area contributed by atoms with Gasteiger partial charge in [-0.25, -0.2) is 9.37 Å². The number of unbranched alkanes of at least 4 members (excludes halogenated alkanes) is 1. The molecule has 2 nitrogen and oxygen atoms in total. The second-order valence-electron chi connectivity index (χ2n) is 6.92. The highest BCUT2D eigenvalue weighted by Gasteiger charge is 2.13. The zero-order chi connectivity index (χ0) is 17.7. The first-order chi connectivity index (χ1) is 11.4. The fraction of sp³-hybridized carbons (Fsp3) is 0.476. The third-order valence-electron chi connectivity index (χ3n) is 4.61. The van der Waals surface area contributed by atoms with Gasteiger partial charge in [-0.3, -0.25) is 0 Å². The summed E-state index contributed by atoms with van der Waals surface area (Å²) in [5, 5.41) is 0. The lowest BCUT2D eigenvalue weighted by molar-refractivity contribution is 0.504. The number of imidazole rings is 1. The number of benzene rings is 1. The van der Waals surface area contributed by atoms with Crippen molar-refractivity contribution in [2.24, 2.45) is 11.8 Å². The monoisotopic (exact) mass is 328 g/mol. The number of allylic oxidation sites excluding steroid dienone is 2. The van der Waals surface area contributed by atoms with Crippen molar-refractivity contribution in [2.75, 3.05) is 0 Å². The summed E-state index contributed by atoms with van der Waals surface area (Å²) in [5.74, 6) is 1.78. The van der Waals surface area contributed by atoms with Crippen molar-refractivity contribution in [3.8, 4) is 5.69 Å². The highest BCUT2D eigenvalue weighted by Crippen LogP contribution is 2.26. The first-order valence-electron chi connectivity index (χ1n) is 8.95. The molecule has 1 unspecified atom stereocenters. The average molecular weight is 328 g/mol. The smallest absolute Gasteiger partial charge is 0.125 e. The molecule has 3 heteroatoms. The summed E-state index contributed by atoms with van der Waals surface area (Å²) in [4.78, 5) is 4.75. The first-order valence-corrected chi connectivity index (χ1v) is 8.95. The number of aromatic nitrogens is 2. The topological polar surface area (TPSA) is 17.8 Å². The van der Waals surface area contributed by atoms with E-state index in [1.807, 2.05) is 23.8 Å². The quantitative estimate of drug-likeness (QED) is 0.593. The fourth-order valence-corrected chi connectivity index (χ4v) is 2.69. The summed E-state index contributed by atoms with van der Waals surface area (Å²) in [6.45, 7) is 10.9. The molecule has 0 aliphatic heterocycles. The van der Waals surface area contributed by atoms with E-state index in [0.29, 0.717) is 11.8 Å². The van der Waals surface area contributed by atoms with Crippen molar-refractivity contribution in [2.45, 2.75) is 53.9 Å². The zero-order valence-corrected chi connectivity index (χ0v) is 15.5. The first kappa shape index (κ1) is 18.4. The lowest BCUT2D eigenvalue weighted by Gasteiger charge is -2.13. The fourth-order valence-electron chi connectivity index (χ4n) is 2.69. The second kappa shape index (κ2) is 8.27. The summed E-state index contributed by atoms with van der Waals surface area (Å²) in [5.41, 5.74) is 3.13. The molecule has 0 aliphatic rings. The second-order valence-corrected chi connectivity index (χ2v) is 6.92. The molecule has 0 saturated carbocycles. The highest BCUT2D eigenvalue weighted by molar-refractivity contribution is 5.63. The van der Waals surface area contributed by atoms with Gasteiger partial charge < -0.3 is 4.57 Å². The van der Waals surface area contributed by atoms with Gasteiger partial charge in [0.15, 0.2) is 0 Å². The lowest BCUT2D eigenvalue weighted by Crippen LogP contribution is -2.01. The van der Waals surface area contributed by atoms with Crippen molar-refractivity contribution in [1.82, 2.24) is 9.55 Å². The van der Waals surface area contributed by atoms with Gasteiger partial charge >= 0.3 is 0 Å². The van der Waals surface area contributed by atoms with E-state index in [9.17, 15) is 4.39 Å². The molecule has 0 saturated heterocycles. The number of aryl methyl sites for hydroxylation is 1. The summed E-state index contributed by atoms with van der Waals surface area (Å²) in [7, 11) is 0.